The lowest BCUT2D eigenvalue weighted by molar-refractivity contribution is -0.384. The fourth-order valence-corrected chi connectivity index (χ4v) is 2.53. The largest absolute Gasteiger partial charge is 0.497 e. The number of non-ortho nitro benzene ring substituents is 1. The van der Waals surface area contributed by atoms with Crippen LogP contribution in [-0.2, 0) is 0 Å². The molecule has 0 saturated heterocycles. The molecule has 0 unspecified atom stereocenters. The molecular formula is C18H16N2O6. The Morgan fingerprint density at radius 1 is 1.00 bits per heavy atom. The molecule has 1 aromatic heterocycles. The summed E-state index contributed by atoms with van der Waals surface area (Å²) in [7, 11) is 4.61. The average Bonchev–Trinajstić information content (AvgIpc) is 3.16. The molecule has 0 radical (unpaired) electrons. The molecule has 0 saturated carbocycles. The van der Waals surface area contributed by atoms with Crippen LogP contribution in [0.4, 0.5) is 5.69 Å². The zero-order valence-electron chi connectivity index (χ0n) is 14.4. The van der Waals surface area contributed by atoms with Crippen LogP contribution in [0.3, 0.4) is 0 Å². The highest BCUT2D eigenvalue weighted by molar-refractivity contribution is 5.75. The Bertz CT molecular complexity index is 933. The molecule has 0 N–H and O–H groups in total. The second-order valence-electron chi connectivity index (χ2n) is 5.29. The highest BCUT2D eigenvalue weighted by atomic mass is 16.6. The fraction of sp³-hybridized carbons (Fsp3) is 0.167. The first kappa shape index (κ1) is 17.3. The van der Waals surface area contributed by atoms with E-state index in [1.165, 1.54) is 26.4 Å². The first-order valence-electron chi connectivity index (χ1n) is 7.59. The number of nitro benzene ring substituents is 1. The monoisotopic (exact) mass is 356 g/mol. The van der Waals surface area contributed by atoms with E-state index in [-0.39, 0.29) is 5.69 Å². The summed E-state index contributed by atoms with van der Waals surface area (Å²) in [5.74, 6) is 2.01. The third-order valence-electron chi connectivity index (χ3n) is 3.84. The van der Waals surface area contributed by atoms with Gasteiger partial charge in [0, 0.05) is 29.8 Å². The van der Waals surface area contributed by atoms with Crippen molar-refractivity contribution in [3.8, 4) is 39.8 Å². The summed E-state index contributed by atoms with van der Waals surface area (Å²) in [6, 6.07) is 11.2. The molecule has 0 spiro atoms. The van der Waals surface area contributed by atoms with E-state index >= 15 is 0 Å². The van der Waals surface area contributed by atoms with E-state index in [0.717, 1.165) is 0 Å². The number of rotatable bonds is 6. The van der Waals surface area contributed by atoms with Gasteiger partial charge in [-0.05, 0) is 18.2 Å². The van der Waals surface area contributed by atoms with Crippen molar-refractivity contribution in [1.29, 1.82) is 0 Å². The van der Waals surface area contributed by atoms with Gasteiger partial charge in [0.2, 0.25) is 0 Å². The predicted octanol–water partition coefficient (Wildman–Crippen LogP) is 3.94. The number of benzene rings is 2. The molecule has 1 heterocycles. The lowest BCUT2D eigenvalue weighted by atomic mass is 10.1. The zero-order valence-corrected chi connectivity index (χ0v) is 14.4. The highest BCUT2D eigenvalue weighted by Crippen LogP contribution is 2.42. The van der Waals surface area contributed by atoms with Gasteiger partial charge in [-0.2, -0.15) is 0 Å². The molecule has 8 nitrogen and oxygen atoms in total. The minimum Gasteiger partial charge on any atom is -0.497 e. The molecule has 3 rings (SSSR count). The lowest BCUT2D eigenvalue weighted by Gasteiger charge is -2.12. The minimum absolute atomic E-state index is 0.0108. The number of aromatic nitrogens is 1. The Balaban J connectivity index is 2.03. The number of ether oxygens (including phenoxy) is 3. The number of methoxy groups -OCH3 is 3. The summed E-state index contributed by atoms with van der Waals surface area (Å²) in [6.07, 6.45) is 0. The fourth-order valence-electron chi connectivity index (χ4n) is 2.53. The Morgan fingerprint density at radius 3 is 2.31 bits per heavy atom. The molecule has 0 aliphatic carbocycles. The van der Waals surface area contributed by atoms with Crippen LogP contribution in [0.1, 0.15) is 0 Å². The SMILES string of the molecule is COc1cc(OC)c(OC)c(-c2cc(-c3ccc([N+](=O)[O-])cc3)no2)c1. The van der Waals surface area contributed by atoms with E-state index in [0.29, 0.717) is 39.8 Å². The van der Waals surface area contributed by atoms with Crippen molar-refractivity contribution in [3.63, 3.8) is 0 Å². The van der Waals surface area contributed by atoms with Crippen molar-refractivity contribution in [2.24, 2.45) is 0 Å². The van der Waals surface area contributed by atoms with Crippen molar-refractivity contribution in [1.82, 2.24) is 5.16 Å². The standard InChI is InChI=1S/C18H16N2O6/c1-23-13-8-14(18(25-3)17(9-13)24-2)16-10-15(19-26-16)11-4-6-12(7-5-11)20(21)22/h4-10H,1-3H3. The Hall–Kier alpha value is -3.55. The van der Waals surface area contributed by atoms with Gasteiger partial charge in [0.1, 0.15) is 11.4 Å². The van der Waals surface area contributed by atoms with Gasteiger partial charge in [0.05, 0.1) is 31.8 Å². The van der Waals surface area contributed by atoms with Gasteiger partial charge >= 0.3 is 0 Å². The summed E-state index contributed by atoms with van der Waals surface area (Å²) >= 11 is 0. The molecule has 0 amide bonds. The molecule has 8 heteroatoms. The number of hydrogen-bond acceptors (Lipinski definition) is 7. The second kappa shape index (κ2) is 7.14. The van der Waals surface area contributed by atoms with Gasteiger partial charge in [-0.15, -0.1) is 0 Å². The topological polar surface area (TPSA) is 96.9 Å². The number of hydrogen-bond donors (Lipinski definition) is 0. The van der Waals surface area contributed by atoms with Crippen LogP contribution >= 0.6 is 0 Å². The number of nitro groups is 1. The first-order valence-corrected chi connectivity index (χ1v) is 7.59. The van der Waals surface area contributed by atoms with E-state index in [4.69, 9.17) is 18.7 Å². The van der Waals surface area contributed by atoms with E-state index < -0.39 is 4.92 Å². The zero-order chi connectivity index (χ0) is 18.7. The Labute approximate surface area is 149 Å². The highest BCUT2D eigenvalue weighted by Gasteiger charge is 2.19. The van der Waals surface area contributed by atoms with E-state index in [2.05, 4.69) is 5.16 Å². The molecule has 0 aliphatic heterocycles. The third-order valence-corrected chi connectivity index (χ3v) is 3.84. The predicted molar refractivity (Wildman–Crippen MR) is 93.7 cm³/mol. The maximum atomic E-state index is 10.8. The van der Waals surface area contributed by atoms with E-state index in [9.17, 15) is 10.1 Å². The molecule has 0 aliphatic rings. The molecular weight excluding hydrogens is 340 g/mol. The molecule has 2 aromatic carbocycles. The van der Waals surface area contributed by atoms with Crippen LogP contribution < -0.4 is 14.2 Å². The quantitative estimate of drug-likeness (QED) is 0.487. The van der Waals surface area contributed by atoms with Crippen LogP contribution in [-0.4, -0.2) is 31.4 Å². The Kier molecular flexibility index (Phi) is 4.74. The van der Waals surface area contributed by atoms with Gasteiger partial charge < -0.3 is 18.7 Å². The van der Waals surface area contributed by atoms with Gasteiger partial charge in [-0.3, -0.25) is 10.1 Å². The first-order chi connectivity index (χ1) is 12.6. The molecule has 26 heavy (non-hydrogen) atoms. The Morgan fingerprint density at radius 2 is 1.73 bits per heavy atom. The van der Waals surface area contributed by atoms with Crippen LogP contribution in [0.15, 0.2) is 47.0 Å². The van der Waals surface area contributed by atoms with Crippen molar-refractivity contribution in [3.05, 3.63) is 52.6 Å². The maximum Gasteiger partial charge on any atom is 0.269 e. The molecule has 0 bridgehead atoms. The summed E-state index contributed by atoms with van der Waals surface area (Å²) in [4.78, 5) is 10.3. The van der Waals surface area contributed by atoms with Crippen LogP contribution in [0, 0.1) is 10.1 Å². The summed E-state index contributed by atoms with van der Waals surface area (Å²) < 4.78 is 21.5. The van der Waals surface area contributed by atoms with Crippen LogP contribution in [0.25, 0.3) is 22.6 Å². The molecule has 134 valence electrons. The van der Waals surface area contributed by atoms with Crippen molar-refractivity contribution in [2.45, 2.75) is 0 Å². The maximum absolute atomic E-state index is 10.8. The van der Waals surface area contributed by atoms with Gasteiger partial charge in [-0.25, -0.2) is 0 Å². The molecule has 3 aromatic rings. The number of nitrogens with zero attached hydrogens (tertiary/aromatic N) is 2. The second-order valence-corrected chi connectivity index (χ2v) is 5.29. The summed E-state index contributed by atoms with van der Waals surface area (Å²) in [5, 5.41) is 14.8. The van der Waals surface area contributed by atoms with Crippen LogP contribution in [0.5, 0.6) is 17.2 Å². The van der Waals surface area contributed by atoms with Crippen LogP contribution in [0.2, 0.25) is 0 Å². The molecule has 0 fully saturated rings. The van der Waals surface area contributed by atoms with Gasteiger partial charge in [0.15, 0.2) is 17.3 Å². The minimum atomic E-state index is -0.453. The van der Waals surface area contributed by atoms with Crippen molar-refractivity contribution < 1.29 is 23.7 Å². The normalized spacial score (nSPS) is 10.4. The van der Waals surface area contributed by atoms with Gasteiger partial charge in [-0.1, -0.05) is 5.16 Å². The summed E-state index contributed by atoms with van der Waals surface area (Å²) in [5.41, 5.74) is 1.86. The van der Waals surface area contributed by atoms with Crippen molar-refractivity contribution in [2.75, 3.05) is 21.3 Å². The summed E-state index contributed by atoms with van der Waals surface area (Å²) in [6.45, 7) is 0. The van der Waals surface area contributed by atoms with Gasteiger partial charge in [0.25, 0.3) is 5.69 Å². The lowest BCUT2D eigenvalue weighted by Crippen LogP contribution is -1.95. The smallest absolute Gasteiger partial charge is 0.269 e. The average molecular weight is 356 g/mol. The van der Waals surface area contributed by atoms with E-state index in [1.807, 2.05) is 0 Å². The van der Waals surface area contributed by atoms with E-state index in [1.54, 1.807) is 37.4 Å². The van der Waals surface area contributed by atoms with Crippen molar-refractivity contribution >= 4 is 5.69 Å². The molecule has 0 atom stereocenters. The third kappa shape index (κ3) is 3.16.